The van der Waals surface area contributed by atoms with Crippen LogP contribution in [0.3, 0.4) is 0 Å². The SMILES string of the molecule is CCNCc1ccc(N(C)CC2CCC2)c(C#N)c1. The molecule has 0 unspecified atom stereocenters. The fraction of sp³-hybridized carbons (Fsp3) is 0.562. The summed E-state index contributed by atoms with van der Waals surface area (Å²) in [5.41, 5.74) is 3.03. The smallest absolute Gasteiger partial charge is 0.101 e. The van der Waals surface area contributed by atoms with E-state index in [0.717, 1.165) is 36.8 Å². The van der Waals surface area contributed by atoms with Crippen molar-refractivity contribution in [1.82, 2.24) is 5.32 Å². The first kappa shape index (κ1) is 13.9. The van der Waals surface area contributed by atoms with Crippen molar-refractivity contribution in [2.45, 2.75) is 32.7 Å². The molecular weight excluding hydrogens is 234 g/mol. The van der Waals surface area contributed by atoms with E-state index in [9.17, 15) is 5.26 Å². The first-order valence-electron chi connectivity index (χ1n) is 7.19. The molecule has 1 N–H and O–H groups in total. The second-order valence-corrected chi connectivity index (χ2v) is 5.42. The molecule has 0 heterocycles. The number of nitrogens with zero attached hydrogens (tertiary/aromatic N) is 2. The van der Waals surface area contributed by atoms with Gasteiger partial charge in [-0.2, -0.15) is 5.26 Å². The van der Waals surface area contributed by atoms with E-state index in [1.807, 2.05) is 6.07 Å². The molecule has 19 heavy (non-hydrogen) atoms. The summed E-state index contributed by atoms with van der Waals surface area (Å²) in [6.07, 6.45) is 4.04. The Labute approximate surface area is 116 Å². The monoisotopic (exact) mass is 257 g/mol. The molecule has 102 valence electrons. The lowest BCUT2D eigenvalue weighted by Gasteiger charge is -2.31. The Hall–Kier alpha value is -1.53. The number of rotatable bonds is 6. The van der Waals surface area contributed by atoms with Crippen LogP contribution in [0.2, 0.25) is 0 Å². The van der Waals surface area contributed by atoms with Gasteiger partial charge in [-0.05, 0) is 43.0 Å². The van der Waals surface area contributed by atoms with E-state index in [1.54, 1.807) is 0 Å². The number of hydrogen-bond acceptors (Lipinski definition) is 3. The van der Waals surface area contributed by atoms with E-state index in [4.69, 9.17) is 0 Å². The van der Waals surface area contributed by atoms with Gasteiger partial charge in [0.15, 0.2) is 0 Å². The largest absolute Gasteiger partial charge is 0.373 e. The van der Waals surface area contributed by atoms with Gasteiger partial charge >= 0.3 is 0 Å². The van der Waals surface area contributed by atoms with Crippen LogP contribution >= 0.6 is 0 Å². The minimum Gasteiger partial charge on any atom is -0.373 e. The van der Waals surface area contributed by atoms with Crippen molar-refractivity contribution in [1.29, 1.82) is 5.26 Å². The van der Waals surface area contributed by atoms with Gasteiger partial charge in [0, 0.05) is 20.1 Å². The molecule has 0 atom stereocenters. The van der Waals surface area contributed by atoms with E-state index < -0.39 is 0 Å². The number of hydrogen-bond donors (Lipinski definition) is 1. The molecule has 0 amide bonds. The van der Waals surface area contributed by atoms with Gasteiger partial charge in [-0.25, -0.2) is 0 Å². The second kappa shape index (κ2) is 6.58. The van der Waals surface area contributed by atoms with Crippen LogP contribution in [0.5, 0.6) is 0 Å². The maximum atomic E-state index is 9.33. The molecule has 1 saturated carbocycles. The molecule has 1 aliphatic rings. The molecule has 1 aliphatic carbocycles. The first-order valence-corrected chi connectivity index (χ1v) is 7.19. The number of nitrogens with one attached hydrogen (secondary N) is 1. The minimum absolute atomic E-state index is 0.789. The van der Waals surface area contributed by atoms with Crippen LogP contribution < -0.4 is 10.2 Å². The third-order valence-electron chi connectivity index (χ3n) is 3.93. The van der Waals surface area contributed by atoms with Crippen molar-refractivity contribution in [2.75, 3.05) is 25.0 Å². The zero-order valence-corrected chi connectivity index (χ0v) is 11.9. The molecule has 0 aromatic heterocycles. The zero-order chi connectivity index (χ0) is 13.7. The molecule has 3 nitrogen and oxygen atoms in total. The molecule has 2 rings (SSSR count). The number of nitriles is 1. The summed E-state index contributed by atoms with van der Waals surface area (Å²) in [5, 5.41) is 12.6. The number of anilines is 1. The highest BCUT2D eigenvalue weighted by Gasteiger charge is 2.20. The number of benzene rings is 1. The van der Waals surface area contributed by atoms with Gasteiger partial charge in [0.05, 0.1) is 11.3 Å². The summed E-state index contributed by atoms with van der Waals surface area (Å²) < 4.78 is 0. The maximum absolute atomic E-state index is 9.33. The van der Waals surface area contributed by atoms with E-state index in [0.29, 0.717) is 0 Å². The average Bonchev–Trinajstić information content (AvgIpc) is 2.40. The van der Waals surface area contributed by atoms with Crippen molar-refractivity contribution < 1.29 is 0 Å². The summed E-state index contributed by atoms with van der Waals surface area (Å²) in [6.45, 7) is 4.94. The molecular formula is C16H23N3. The Balaban J connectivity index is 2.08. The maximum Gasteiger partial charge on any atom is 0.101 e. The first-order chi connectivity index (χ1) is 9.24. The Morgan fingerprint density at radius 2 is 2.21 bits per heavy atom. The van der Waals surface area contributed by atoms with Gasteiger partial charge in [0.2, 0.25) is 0 Å². The molecule has 0 bridgehead atoms. The fourth-order valence-corrected chi connectivity index (χ4v) is 2.55. The average molecular weight is 257 g/mol. The third-order valence-corrected chi connectivity index (χ3v) is 3.93. The molecule has 3 heteroatoms. The lowest BCUT2D eigenvalue weighted by Crippen LogP contribution is -2.29. The Kier molecular flexibility index (Phi) is 4.81. The highest BCUT2D eigenvalue weighted by atomic mass is 15.1. The van der Waals surface area contributed by atoms with Crippen molar-refractivity contribution in [2.24, 2.45) is 5.92 Å². The highest BCUT2D eigenvalue weighted by molar-refractivity contribution is 5.60. The highest BCUT2D eigenvalue weighted by Crippen LogP contribution is 2.29. The van der Waals surface area contributed by atoms with Crippen molar-refractivity contribution >= 4 is 5.69 Å². The summed E-state index contributed by atoms with van der Waals surface area (Å²) >= 11 is 0. The van der Waals surface area contributed by atoms with Gasteiger partial charge in [0.25, 0.3) is 0 Å². The van der Waals surface area contributed by atoms with Crippen molar-refractivity contribution in [3.8, 4) is 6.07 Å². The Morgan fingerprint density at radius 3 is 2.79 bits per heavy atom. The second-order valence-electron chi connectivity index (χ2n) is 5.42. The molecule has 1 aromatic carbocycles. The molecule has 1 fully saturated rings. The standard InChI is InChI=1S/C16H23N3/c1-3-18-11-14-7-8-16(15(9-14)10-17)19(2)12-13-5-4-6-13/h7-9,13,18H,3-6,11-12H2,1-2H3. The predicted octanol–water partition coefficient (Wildman–Crippen LogP) is 2.90. The molecule has 0 spiro atoms. The van der Waals surface area contributed by atoms with Gasteiger partial charge in [-0.15, -0.1) is 0 Å². The lowest BCUT2D eigenvalue weighted by molar-refractivity contribution is 0.321. The van der Waals surface area contributed by atoms with Gasteiger partial charge in [-0.3, -0.25) is 0 Å². The summed E-state index contributed by atoms with van der Waals surface area (Å²) in [4.78, 5) is 2.24. The minimum atomic E-state index is 0.789. The van der Waals surface area contributed by atoms with Crippen LogP contribution in [-0.4, -0.2) is 20.1 Å². The summed E-state index contributed by atoms with van der Waals surface area (Å²) in [7, 11) is 2.10. The van der Waals surface area contributed by atoms with Crippen LogP contribution in [0.4, 0.5) is 5.69 Å². The Morgan fingerprint density at radius 1 is 1.42 bits per heavy atom. The normalized spacial score (nSPS) is 14.8. The van der Waals surface area contributed by atoms with Crippen LogP contribution in [0.15, 0.2) is 18.2 Å². The van der Waals surface area contributed by atoms with Gasteiger partial charge in [-0.1, -0.05) is 19.4 Å². The topological polar surface area (TPSA) is 39.1 Å². The van der Waals surface area contributed by atoms with Crippen LogP contribution in [0, 0.1) is 17.2 Å². The quantitative estimate of drug-likeness (QED) is 0.851. The van der Waals surface area contributed by atoms with E-state index in [1.165, 1.54) is 24.8 Å². The molecule has 0 saturated heterocycles. The van der Waals surface area contributed by atoms with Crippen molar-refractivity contribution in [3.63, 3.8) is 0 Å². The molecule has 0 aliphatic heterocycles. The zero-order valence-electron chi connectivity index (χ0n) is 11.9. The van der Waals surface area contributed by atoms with Crippen LogP contribution in [-0.2, 0) is 6.54 Å². The summed E-state index contributed by atoms with van der Waals surface area (Å²) in [5.74, 6) is 0.818. The van der Waals surface area contributed by atoms with Gasteiger partial charge < -0.3 is 10.2 Å². The predicted molar refractivity (Wildman–Crippen MR) is 79.1 cm³/mol. The lowest BCUT2D eigenvalue weighted by atomic mass is 9.85. The molecule has 0 radical (unpaired) electrons. The van der Waals surface area contributed by atoms with Crippen molar-refractivity contribution in [3.05, 3.63) is 29.3 Å². The fourth-order valence-electron chi connectivity index (χ4n) is 2.55. The Bertz CT molecular complexity index is 458. The van der Waals surface area contributed by atoms with Crippen LogP contribution in [0.25, 0.3) is 0 Å². The summed E-state index contributed by atoms with van der Waals surface area (Å²) in [6, 6.07) is 8.55. The van der Waals surface area contributed by atoms with Gasteiger partial charge in [0.1, 0.15) is 6.07 Å². The third kappa shape index (κ3) is 3.48. The van der Waals surface area contributed by atoms with E-state index in [2.05, 4.69) is 42.4 Å². The van der Waals surface area contributed by atoms with E-state index >= 15 is 0 Å². The molecule has 1 aromatic rings. The van der Waals surface area contributed by atoms with E-state index in [-0.39, 0.29) is 0 Å². The van der Waals surface area contributed by atoms with Crippen LogP contribution in [0.1, 0.15) is 37.3 Å².